The average molecular weight is 374 g/mol. The molecule has 27 heavy (non-hydrogen) atoms. The fraction of sp³-hybridized carbons (Fsp3) is 0.300. The van der Waals surface area contributed by atoms with Crippen molar-refractivity contribution < 1.29 is 22.7 Å². The van der Waals surface area contributed by atoms with E-state index in [1.54, 1.807) is 29.2 Å². The standard InChI is InChI=1S/C20H17F3N2O2/c21-20(22,23)16-7-5-14(6-8-16)12-25(17-9-10-17)19(26)13-27-18-4-2-1-3-15(18)11-24/h1-8,17H,9-10,12-13H2. The summed E-state index contributed by atoms with van der Waals surface area (Å²) in [7, 11) is 0. The molecule has 0 saturated heterocycles. The highest BCUT2D eigenvalue weighted by atomic mass is 19.4. The Morgan fingerprint density at radius 2 is 1.81 bits per heavy atom. The predicted molar refractivity (Wildman–Crippen MR) is 91.7 cm³/mol. The first kappa shape index (κ1) is 18.8. The second kappa shape index (κ2) is 7.70. The minimum atomic E-state index is -4.38. The number of para-hydroxylation sites is 1. The molecule has 1 amide bonds. The molecule has 0 unspecified atom stereocenters. The largest absolute Gasteiger partial charge is 0.482 e. The number of hydrogen-bond acceptors (Lipinski definition) is 3. The van der Waals surface area contributed by atoms with E-state index in [0.717, 1.165) is 25.0 Å². The summed E-state index contributed by atoms with van der Waals surface area (Å²) in [5, 5.41) is 9.06. The van der Waals surface area contributed by atoms with Crippen molar-refractivity contribution in [3.05, 3.63) is 65.2 Å². The molecule has 1 fully saturated rings. The first-order chi connectivity index (χ1) is 12.9. The molecule has 0 aliphatic heterocycles. The van der Waals surface area contributed by atoms with Crippen LogP contribution in [-0.2, 0) is 17.5 Å². The minimum absolute atomic E-state index is 0.0783. The first-order valence-corrected chi connectivity index (χ1v) is 8.46. The van der Waals surface area contributed by atoms with Gasteiger partial charge < -0.3 is 9.64 Å². The molecule has 2 aromatic carbocycles. The first-order valence-electron chi connectivity index (χ1n) is 8.46. The third-order valence-corrected chi connectivity index (χ3v) is 4.30. The van der Waals surface area contributed by atoms with Crippen LogP contribution in [0, 0.1) is 11.3 Å². The highest BCUT2D eigenvalue weighted by molar-refractivity contribution is 5.78. The third-order valence-electron chi connectivity index (χ3n) is 4.30. The highest BCUT2D eigenvalue weighted by Crippen LogP contribution is 2.31. The molecule has 0 bridgehead atoms. The fourth-order valence-electron chi connectivity index (χ4n) is 2.71. The van der Waals surface area contributed by atoms with Crippen LogP contribution in [0.15, 0.2) is 48.5 Å². The minimum Gasteiger partial charge on any atom is -0.482 e. The van der Waals surface area contributed by atoms with Crippen molar-refractivity contribution in [2.24, 2.45) is 0 Å². The van der Waals surface area contributed by atoms with Gasteiger partial charge in [0.25, 0.3) is 5.91 Å². The maximum atomic E-state index is 12.7. The average Bonchev–Trinajstić information content (AvgIpc) is 3.49. The van der Waals surface area contributed by atoms with Gasteiger partial charge in [-0.2, -0.15) is 18.4 Å². The molecule has 0 heterocycles. The number of rotatable bonds is 6. The van der Waals surface area contributed by atoms with Crippen LogP contribution in [0.4, 0.5) is 13.2 Å². The van der Waals surface area contributed by atoms with Crippen molar-refractivity contribution in [1.82, 2.24) is 4.90 Å². The van der Waals surface area contributed by atoms with Crippen LogP contribution in [0.5, 0.6) is 5.75 Å². The van der Waals surface area contributed by atoms with E-state index in [4.69, 9.17) is 10.00 Å². The van der Waals surface area contributed by atoms with E-state index in [-0.39, 0.29) is 25.1 Å². The number of benzene rings is 2. The zero-order valence-electron chi connectivity index (χ0n) is 14.4. The van der Waals surface area contributed by atoms with Crippen molar-refractivity contribution >= 4 is 5.91 Å². The molecular weight excluding hydrogens is 357 g/mol. The van der Waals surface area contributed by atoms with Gasteiger partial charge >= 0.3 is 6.18 Å². The molecule has 1 saturated carbocycles. The van der Waals surface area contributed by atoms with E-state index < -0.39 is 11.7 Å². The summed E-state index contributed by atoms with van der Waals surface area (Å²) in [6.07, 6.45) is -2.66. The Labute approximate surface area is 154 Å². The van der Waals surface area contributed by atoms with E-state index in [2.05, 4.69) is 0 Å². The van der Waals surface area contributed by atoms with E-state index in [0.29, 0.717) is 16.9 Å². The predicted octanol–water partition coefficient (Wildman–Crippen LogP) is 4.15. The fourth-order valence-corrected chi connectivity index (χ4v) is 2.71. The molecule has 0 N–H and O–H groups in total. The zero-order chi connectivity index (χ0) is 19.4. The van der Waals surface area contributed by atoms with Gasteiger partial charge in [-0.1, -0.05) is 24.3 Å². The Kier molecular flexibility index (Phi) is 5.36. The van der Waals surface area contributed by atoms with Crippen LogP contribution in [-0.4, -0.2) is 23.5 Å². The summed E-state index contributed by atoms with van der Waals surface area (Å²) in [5.74, 6) is 0.0729. The van der Waals surface area contributed by atoms with Gasteiger partial charge in [0, 0.05) is 12.6 Å². The van der Waals surface area contributed by atoms with Crippen LogP contribution >= 0.6 is 0 Å². The topological polar surface area (TPSA) is 53.3 Å². The van der Waals surface area contributed by atoms with Crippen LogP contribution in [0.3, 0.4) is 0 Å². The van der Waals surface area contributed by atoms with Crippen LogP contribution in [0.1, 0.15) is 29.5 Å². The zero-order valence-corrected chi connectivity index (χ0v) is 14.4. The molecule has 3 rings (SSSR count). The Bertz CT molecular complexity index is 853. The Morgan fingerprint density at radius 1 is 1.15 bits per heavy atom. The molecule has 0 spiro atoms. The lowest BCUT2D eigenvalue weighted by Crippen LogP contribution is -2.36. The molecule has 1 aliphatic rings. The summed E-state index contributed by atoms with van der Waals surface area (Å²) in [4.78, 5) is 14.2. The molecule has 7 heteroatoms. The van der Waals surface area contributed by atoms with Crippen LogP contribution in [0.25, 0.3) is 0 Å². The molecule has 140 valence electrons. The van der Waals surface area contributed by atoms with E-state index in [9.17, 15) is 18.0 Å². The van der Waals surface area contributed by atoms with Gasteiger partial charge in [0.2, 0.25) is 0 Å². The number of hydrogen-bond donors (Lipinski definition) is 0. The monoisotopic (exact) mass is 374 g/mol. The Balaban J connectivity index is 1.65. The lowest BCUT2D eigenvalue weighted by atomic mass is 10.1. The van der Waals surface area contributed by atoms with Crippen molar-refractivity contribution in [2.45, 2.75) is 31.6 Å². The van der Waals surface area contributed by atoms with Gasteiger partial charge in [-0.3, -0.25) is 4.79 Å². The van der Waals surface area contributed by atoms with E-state index in [1.165, 1.54) is 12.1 Å². The summed E-state index contributed by atoms with van der Waals surface area (Å²) in [6.45, 7) is 0.000716. The summed E-state index contributed by atoms with van der Waals surface area (Å²) < 4.78 is 43.5. The number of amides is 1. The summed E-state index contributed by atoms with van der Waals surface area (Å²) in [5.41, 5.74) is 0.249. The SMILES string of the molecule is N#Cc1ccccc1OCC(=O)N(Cc1ccc(C(F)(F)F)cc1)C1CC1. The van der Waals surface area contributed by atoms with Crippen molar-refractivity contribution in [2.75, 3.05) is 6.61 Å². The van der Waals surface area contributed by atoms with Crippen LogP contribution < -0.4 is 4.74 Å². The van der Waals surface area contributed by atoms with Gasteiger partial charge in [-0.25, -0.2) is 0 Å². The number of carbonyl (C=O) groups excluding carboxylic acids is 1. The number of halogens is 3. The van der Waals surface area contributed by atoms with Crippen LogP contribution in [0.2, 0.25) is 0 Å². The second-order valence-corrected chi connectivity index (χ2v) is 6.34. The lowest BCUT2D eigenvalue weighted by Gasteiger charge is -2.23. The molecular formula is C20H17F3N2O2. The maximum Gasteiger partial charge on any atom is 0.416 e. The maximum absolute atomic E-state index is 12.7. The van der Waals surface area contributed by atoms with Crippen molar-refractivity contribution in [1.29, 1.82) is 5.26 Å². The summed E-state index contributed by atoms with van der Waals surface area (Å²) in [6, 6.07) is 13.5. The van der Waals surface area contributed by atoms with Gasteiger partial charge in [-0.15, -0.1) is 0 Å². The third kappa shape index (κ3) is 4.79. The van der Waals surface area contributed by atoms with Gasteiger partial charge in [0.1, 0.15) is 11.8 Å². The number of nitrogens with zero attached hydrogens (tertiary/aromatic N) is 2. The van der Waals surface area contributed by atoms with E-state index in [1.807, 2.05) is 6.07 Å². The van der Waals surface area contributed by atoms with Crippen molar-refractivity contribution in [3.63, 3.8) is 0 Å². The molecule has 0 atom stereocenters. The molecule has 0 radical (unpaired) electrons. The number of nitriles is 1. The second-order valence-electron chi connectivity index (χ2n) is 6.34. The van der Waals surface area contributed by atoms with E-state index >= 15 is 0 Å². The quantitative estimate of drug-likeness (QED) is 0.763. The number of ether oxygens (including phenoxy) is 1. The molecule has 0 aromatic heterocycles. The normalized spacial score (nSPS) is 13.7. The highest BCUT2D eigenvalue weighted by Gasteiger charge is 2.33. The van der Waals surface area contributed by atoms with Gasteiger partial charge in [0.05, 0.1) is 11.1 Å². The van der Waals surface area contributed by atoms with Crippen molar-refractivity contribution in [3.8, 4) is 11.8 Å². The lowest BCUT2D eigenvalue weighted by molar-refractivity contribution is -0.138. The smallest absolute Gasteiger partial charge is 0.416 e. The molecule has 2 aromatic rings. The number of alkyl halides is 3. The molecule has 4 nitrogen and oxygen atoms in total. The summed E-state index contributed by atoms with van der Waals surface area (Å²) >= 11 is 0. The number of carbonyl (C=O) groups is 1. The molecule has 1 aliphatic carbocycles. The Hall–Kier alpha value is -3.01. The van der Waals surface area contributed by atoms with Gasteiger partial charge in [-0.05, 0) is 42.7 Å². The Morgan fingerprint density at radius 3 is 2.41 bits per heavy atom. The van der Waals surface area contributed by atoms with Gasteiger partial charge in [0.15, 0.2) is 6.61 Å².